The van der Waals surface area contributed by atoms with Gasteiger partial charge in [0, 0.05) is 17.6 Å². The normalized spacial score (nSPS) is 16.1. The van der Waals surface area contributed by atoms with E-state index in [1.165, 1.54) is 24.1 Å². The highest BCUT2D eigenvalue weighted by Crippen LogP contribution is 2.21. The van der Waals surface area contributed by atoms with Crippen LogP contribution in [0.15, 0.2) is 12.1 Å². The minimum Gasteiger partial charge on any atom is -0.368 e. The molecule has 0 aromatic carbocycles. The molecule has 1 aromatic heterocycles. The standard InChI is InChI=1S/C12H17ClN2/c1-9(7-8-13)14-12-6-5-10-3-2-4-11(10)15-12/h5-6,9H,2-4,7-8H2,1H3,(H,14,15). The van der Waals surface area contributed by atoms with Gasteiger partial charge in [0.25, 0.3) is 0 Å². The lowest BCUT2D eigenvalue weighted by Crippen LogP contribution is -2.16. The Morgan fingerprint density at radius 2 is 2.33 bits per heavy atom. The van der Waals surface area contributed by atoms with E-state index >= 15 is 0 Å². The van der Waals surface area contributed by atoms with Gasteiger partial charge in [-0.2, -0.15) is 0 Å². The van der Waals surface area contributed by atoms with Gasteiger partial charge >= 0.3 is 0 Å². The smallest absolute Gasteiger partial charge is 0.126 e. The van der Waals surface area contributed by atoms with Gasteiger partial charge in [-0.1, -0.05) is 6.07 Å². The molecule has 2 rings (SSSR count). The maximum atomic E-state index is 5.70. The fourth-order valence-electron chi connectivity index (χ4n) is 1.99. The van der Waals surface area contributed by atoms with Gasteiger partial charge in [-0.25, -0.2) is 4.98 Å². The van der Waals surface area contributed by atoms with Crippen molar-refractivity contribution in [3.8, 4) is 0 Å². The fraction of sp³-hybridized carbons (Fsp3) is 0.583. The van der Waals surface area contributed by atoms with Gasteiger partial charge in [-0.3, -0.25) is 0 Å². The van der Waals surface area contributed by atoms with E-state index in [2.05, 4.69) is 29.4 Å². The van der Waals surface area contributed by atoms with Crippen molar-refractivity contribution >= 4 is 17.4 Å². The molecule has 1 unspecified atom stereocenters. The van der Waals surface area contributed by atoms with Crippen molar-refractivity contribution in [1.82, 2.24) is 4.98 Å². The summed E-state index contributed by atoms with van der Waals surface area (Å²) in [7, 11) is 0. The Balaban J connectivity index is 2.03. The van der Waals surface area contributed by atoms with E-state index in [4.69, 9.17) is 11.6 Å². The number of nitrogens with zero attached hydrogens (tertiary/aromatic N) is 1. The molecule has 2 nitrogen and oxygen atoms in total. The zero-order chi connectivity index (χ0) is 10.7. The lowest BCUT2D eigenvalue weighted by atomic mass is 10.2. The van der Waals surface area contributed by atoms with E-state index in [0.29, 0.717) is 11.9 Å². The predicted octanol–water partition coefficient (Wildman–Crippen LogP) is 3.00. The first-order valence-electron chi connectivity index (χ1n) is 5.61. The summed E-state index contributed by atoms with van der Waals surface area (Å²) in [6, 6.07) is 4.68. The molecule has 0 saturated heterocycles. The summed E-state index contributed by atoms with van der Waals surface area (Å²) in [5.41, 5.74) is 2.70. The molecule has 82 valence electrons. The topological polar surface area (TPSA) is 24.9 Å². The van der Waals surface area contributed by atoms with Crippen molar-refractivity contribution in [2.45, 2.75) is 38.6 Å². The van der Waals surface area contributed by atoms with E-state index in [1.807, 2.05) is 0 Å². The van der Waals surface area contributed by atoms with Crippen LogP contribution in [0.4, 0.5) is 5.82 Å². The summed E-state index contributed by atoms with van der Waals surface area (Å²) in [5.74, 6) is 1.69. The molecule has 0 radical (unpaired) electrons. The highest BCUT2D eigenvalue weighted by molar-refractivity contribution is 6.17. The number of halogens is 1. The average molecular weight is 225 g/mol. The van der Waals surface area contributed by atoms with Crippen LogP contribution in [-0.2, 0) is 12.8 Å². The number of rotatable bonds is 4. The lowest BCUT2D eigenvalue weighted by Gasteiger charge is -2.13. The molecular formula is C12H17ClN2. The van der Waals surface area contributed by atoms with Crippen molar-refractivity contribution in [2.24, 2.45) is 0 Å². The molecule has 1 aromatic rings. The number of hydrogen-bond acceptors (Lipinski definition) is 2. The van der Waals surface area contributed by atoms with Crippen molar-refractivity contribution in [3.05, 3.63) is 23.4 Å². The number of anilines is 1. The Labute approximate surface area is 96.1 Å². The fourth-order valence-corrected chi connectivity index (χ4v) is 2.32. The number of alkyl halides is 1. The van der Waals surface area contributed by atoms with Crippen LogP contribution in [0.3, 0.4) is 0 Å². The molecule has 0 aliphatic heterocycles. The second-order valence-electron chi connectivity index (χ2n) is 4.18. The van der Waals surface area contributed by atoms with Gasteiger partial charge in [-0.05, 0) is 44.2 Å². The van der Waals surface area contributed by atoms with Crippen molar-refractivity contribution < 1.29 is 0 Å². The monoisotopic (exact) mass is 224 g/mol. The molecular weight excluding hydrogens is 208 g/mol. The van der Waals surface area contributed by atoms with Crippen molar-refractivity contribution in [3.63, 3.8) is 0 Å². The highest BCUT2D eigenvalue weighted by atomic mass is 35.5. The third-order valence-electron chi connectivity index (χ3n) is 2.86. The number of aryl methyl sites for hydroxylation is 2. The van der Waals surface area contributed by atoms with Crippen molar-refractivity contribution in [2.75, 3.05) is 11.2 Å². The van der Waals surface area contributed by atoms with Crippen LogP contribution in [0.2, 0.25) is 0 Å². The molecule has 15 heavy (non-hydrogen) atoms. The van der Waals surface area contributed by atoms with Gasteiger partial charge in [0.2, 0.25) is 0 Å². The van der Waals surface area contributed by atoms with E-state index < -0.39 is 0 Å². The number of nitrogens with one attached hydrogen (secondary N) is 1. The van der Waals surface area contributed by atoms with Crippen LogP contribution in [0.25, 0.3) is 0 Å². The molecule has 1 atom stereocenters. The lowest BCUT2D eigenvalue weighted by molar-refractivity contribution is 0.762. The molecule has 0 spiro atoms. The van der Waals surface area contributed by atoms with Gasteiger partial charge in [0.1, 0.15) is 5.82 Å². The van der Waals surface area contributed by atoms with E-state index in [-0.39, 0.29) is 0 Å². The van der Waals surface area contributed by atoms with Gasteiger partial charge in [-0.15, -0.1) is 11.6 Å². The first-order chi connectivity index (χ1) is 7.29. The average Bonchev–Trinajstić information content (AvgIpc) is 2.65. The molecule has 0 fully saturated rings. The summed E-state index contributed by atoms with van der Waals surface area (Å²) < 4.78 is 0. The first kappa shape index (κ1) is 10.7. The maximum Gasteiger partial charge on any atom is 0.126 e. The largest absolute Gasteiger partial charge is 0.368 e. The molecule has 1 aliphatic rings. The molecule has 0 bridgehead atoms. The summed E-state index contributed by atoms with van der Waals surface area (Å²) in [4.78, 5) is 4.62. The predicted molar refractivity (Wildman–Crippen MR) is 64.7 cm³/mol. The van der Waals surface area contributed by atoms with Crippen LogP contribution >= 0.6 is 11.6 Å². The van der Waals surface area contributed by atoms with Crippen molar-refractivity contribution in [1.29, 1.82) is 0 Å². The third-order valence-corrected chi connectivity index (χ3v) is 3.08. The maximum absolute atomic E-state index is 5.70. The van der Waals surface area contributed by atoms with E-state index in [0.717, 1.165) is 18.7 Å². The highest BCUT2D eigenvalue weighted by Gasteiger charge is 2.12. The Morgan fingerprint density at radius 3 is 3.13 bits per heavy atom. The minimum absolute atomic E-state index is 0.398. The quantitative estimate of drug-likeness (QED) is 0.796. The summed E-state index contributed by atoms with van der Waals surface area (Å²) >= 11 is 5.70. The second kappa shape index (κ2) is 4.84. The van der Waals surface area contributed by atoms with E-state index in [9.17, 15) is 0 Å². The van der Waals surface area contributed by atoms with Crippen LogP contribution < -0.4 is 5.32 Å². The molecule has 0 saturated carbocycles. The van der Waals surface area contributed by atoms with Crippen LogP contribution in [0.5, 0.6) is 0 Å². The Morgan fingerprint density at radius 1 is 1.47 bits per heavy atom. The summed E-state index contributed by atoms with van der Waals surface area (Å²) in [6.07, 6.45) is 4.55. The molecule has 1 aliphatic carbocycles. The first-order valence-corrected chi connectivity index (χ1v) is 6.14. The van der Waals surface area contributed by atoms with E-state index in [1.54, 1.807) is 0 Å². The minimum atomic E-state index is 0.398. The molecule has 0 amide bonds. The number of pyridine rings is 1. The summed E-state index contributed by atoms with van der Waals surface area (Å²) in [6.45, 7) is 2.14. The van der Waals surface area contributed by atoms with Crippen LogP contribution in [-0.4, -0.2) is 16.9 Å². The second-order valence-corrected chi connectivity index (χ2v) is 4.56. The number of aromatic nitrogens is 1. The number of hydrogen-bond donors (Lipinski definition) is 1. The number of fused-ring (bicyclic) bond motifs is 1. The van der Waals surface area contributed by atoms with Gasteiger partial charge in [0.15, 0.2) is 0 Å². The SMILES string of the molecule is CC(CCCl)Nc1ccc2c(n1)CCC2. The Bertz CT molecular complexity index is 338. The molecule has 1 N–H and O–H groups in total. The Kier molecular flexibility index (Phi) is 3.47. The third kappa shape index (κ3) is 2.63. The van der Waals surface area contributed by atoms with Crippen LogP contribution in [0, 0.1) is 0 Å². The summed E-state index contributed by atoms with van der Waals surface area (Å²) in [5, 5.41) is 3.38. The molecule has 1 heterocycles. The molecule has 3 heteroatoms. The zero-order valence-electron chi connectivity index (χ0n) is 9.09. The van der Waals surface area contributed by atoms with Gasteiger partial charge in [0.05, 0.1) is 0 Å². The Hall–Kier alpha value is -0.760. The van der Waals surface area contributed by atoms with Gasteiger partial charge < -0.3 is 5.32 Å². The zero-order valence-corrected chi connectivity index (χ0v) is 9.85. The van der Waals surface area contributed by atoms with Crippen LogP contribution in [0.1, 0.15) is 31.0 Å².